The maximum absolute atomic E-state index is 11.7. The molecule has 2 heterocycles. The van der Waals surface area contributed by atoms with Crippen molar-refractivity contribution in [1.29, 1.82) is 0 Å². The van der Waals surface area contributed by atoms with Gasteiger partial charge in [-0.1, -0.05) is 25.6 Å². The molecule has 0 radical (unpaired) electrons. The summed E-state index contributed by atoms with van der Waals surface area (Å²) in [7, 11) is 0. The number of aromatic nitrogens is 4. The Hall–Kier alpha value is -2.42. The predicted octanol–water partition coefficient (Wildman–Crippen LogP) is 1.83. The average Bonchev–Trinajstić information content (AvgIpc) is 3.02. The summed E-state index contributed by atoms with van der Waals surface area (Å²) in [6, 6.07) is 3.14. The fourth-order valence-corrected chi connectivity index (χ4v) is 2.36. The molecule has 2 aromatic heterocycles. The number of carbonyl (C=O) groups is 2. The number of hydrogen-bond acceptors (Lipinski definition) is 6. The van der Waals surface area contributed by atoms with Crippen LogP contribution < -0.4 is 10.6 Å². The van der Waals surface area contributed by atoms with Crippen molar-refractivity contribution in [2.75, 3.05) is 12.3 Å². The van der Waals surface area contributed by atoms with Crippen LogP contribution in [0.4, 0.5) is 4.79 Å². The Kier molecular flexibility index (Phi) is 6.74. The third-order valence-electron chi connectivity index (χ3n) is 3.01. The fraction of sp³-hybridized carbons (Fsp3) is 0.400. The Morgan fingerprint density at radius 1 is 1.29 bits per heavy atom. The predicted molar refractivity (Wildman–Crippen MR) is 91.3 cm³/mol. The van der Waals surface area contributed by atoms with E-state index in [1.165, 1.54) is 0 Å². The second kappa shape index (κ2) is 9.02. The van der Waals surface area contributed by atoms with Gasteiger partial charge in [-0.05, 0) is 24.5 Å². The highest BCUT2D eigenvalue weighted by atomic mass is 32.2. The van der Waals surface area contributed by atoms with Gasteiger partial charge in [-0.25, -0.2) is 9.78 Å². The smallest absolute Gasteiger partial charge is 0.321 e. The Bertz CT molecular complexity index is 674. The van der Waals surface area contributed by atoms with Crippen LogP contribution in [0.5, 0.6) is 0 Å². The molecule has 0 aromatic carbocycles. The number of nitrogens with one attached hydrogen (secondary N) is 3. The number of thioether (sulfide) groups is 1. The van der Waals surface area contributed by atoms with Crippen LogP contribution in [0, 0.1) is 5.92 Å². The summed E-state index contributed by atoms with van der Waals surface area (Å²) in [5, 5.41) is 12.2. The van der Waals surface area contributed by atoms with Gasteiger partial charge >= 0.3 is 6.03 Å². The first kappa shape index (κ1) is 17.9. The van der Waals surface area contributed by atoms with Crippen molar-refractivity contribution in [1.82, 2.24) is 30.8 Å². The summed E-state index contributed by atoms with van der Waals surface area (Å²) in [5.41, 5.74) is 0.860. The minimum Gasteiger partial charge on any atom is -0.338 e. The van der Waals surface area contributed by atoms with Gasteiger partial charge < -0.3 is 5.32 Å². The lowest BCUT2D eigenvalue weighted by Crippen LogP contribution is -2.40. The first-order valence-corrected chi connectivity index (χ1v) is 8.56. The van der Waals surface area contributed by atoms with Crippen LogP contribution in [-0.2, 0) is 4.79 Å². The molecule has 3 N–H and O–H groups in total. The molecule has 0 saturated heterocycles. The van der Waals surface area contributed by atoms with Gasteiger partial charge in [-0.15, -0.1) is 5.10 Å². The van der Waals surface area contributed by atoms with Crippen molar-refractivity contribution < 1.29 is 9.59 Å². The maximum atomic E-state index is 11.7. The van der Waals surface area contributed by atoms with Crippen molar-refractivity contribution in [3.63, 3.8) is 0 Å². The van der Waals surface area contributed by atoms with Gasteiger partial charge in [-0.2, -0.15) is 0 Å². The molecule has 9 heteroatoms. The van der Waals surface area contributed by atoms with Gasteiger partial charge in [0, 0.05) is 24.5 Å². The average molecular weight is 348 g/mol. The molecule has 128 valence electrons. The number of carbonyl (C=O) groups excluding carboxylic acids is 2. The monoisotopic (exact) mass is 348 g/mol. The minimum absolute atomic E-state index is 0.0608. The van der Waals surface area contributed by atoms with E-state index < -0.39 is 11.9 Å². The number of nitrogens with zero attached hydrogens (tertiary/aromatic N) is 3. The molecule has 2 rings (SSSR count). The summed E-state index contributed by atoms with van der Waals surface area (Å²) >= 11 is 1.15. The van der Waals surface area contributed by atoms with Gasteiger partial charge in [0.25, 0.3) is 0 Å². The number of urea groups is 1. The molecular formula is C15H20N6O2S. The van der Waals surface area contributed by atoms with E-state index >= 15 is 0 Å². The van der Waals surface area contributed by atoms with Crippen molar-refractivity contribution in [2.45, 2.75) is 25.4 Å². The summed E-state index contributed by atoms with van der Waals surface area (Å²) in [5.74, 6) is 0.770. The maximum Gasteiger partial charge on any atom is 0.321 e. The Balaban J connectivity index is 1.74. The second-order valence-electron chi connectivity index (χ2n) is 5.48. The Labute approximate surface area is 144 Å². The van der Waals surface area contributed by atoms with Crippen molar-refractivity contribution in [2.24, 2.45) is 5.92 Å². The number of pyridine rings is 1. The first-order valence-electron chi connectivity index (χ1n) is 7.58. The summed E-state index contributed by atoms with van der Waals surface area (Å²) in [4.78, 5) is 31.5. The molecule has 0 aliphatic carbocycles. The number of imide groups is 1. The van der Waals surface area contributed by atoms with Crippen LogP contribution >= 0.6 is 11.8 Å². The largest absolute Gasteiger partial charge is 0.338 e. The van der Waals surface area contributed by atoms with Gasteiger partial charge in [0.1, 0.15) is 0 Å². The van der Waals surface area contributed by atoms with E-state index in [2.05, 4.69) is 44.6 Å². The van der Waals surface area contributed by atoms with E-state index in [1.807, 2.05) is 12.1 Å². The van der Waals surface area contributed by atoms with E-state index in [9.17, 15) is 9.59 Å². The molecule has 3 amide bonds. The van der Waals surface area contributed by atoms with Crippen molar-refractivity contribution in [3.8, 4) is 11.4 Å². The Morgan fingerprint density at radius 3 is 2.75 bits per heavy atom. The Morgan fingerprint density at radius 2 is 2.04 bits per heavy atom. The zero-order chi connectivity index (χ0) is 17.4. The van der Waals surface area contributed by atoms with Crippen LogP contribution in [0.25, 0.3) is 11.4 Å². The van der Waals surface area contributed by atoms with Crippen LogP contribution in [0.3, 0.4) is 0 Å². The lowest BCUT2D eigenvalue weighted by atomic mass is 10.1. The lowest BCUT2D eigenvalue weighted by molar-refractivity contribution is -0.117. The highest BCUT2D eigenvalue weighted by Gasteiger charge is 2.11. The highest BCUT2D eigenvalue weighted by molar-refractivity contribution is 7.99. The molecule has 0 aliphatic heterocycles. The van der Waals surface area contributed by atoms with Gasteiger partial charge in [0.05, 0.1) is 5.75 Å². The van der Waals surface area contributed by atoms with E-state index in [-0.39, 0.29) is 5.75 Å². The number of amides is 3. The van der Waals surface area contributed by atoms with E-state index in [1.54, 1.807) is 12.4 Å². The molecule has 0 unspecified atom stereocenters. The van der Waals surface area contributed by atoms with Crippen LogP contribution in [0.15, 0.2) is 29.7 Å². The molecular weight excluding hydrogens is 328 g/mol. The van der Waals surface area contributed by atoms with E-state index in [4.69, 9.17) is 0 Å². The third-order valence-corrected chi connectivity index (χ3v) is 3.86. The van der Waals surface area contributed by atoms with Gasteiger partial charge in [0.15, 0.2) is 5.82 Å². The zero-order valence-corrected chi connectivity index (χ0v) is 14.4. The van der Waals surface area contributed by atoms with Crippen LogP contribution in [0.2, 0.25) is 0 Å². The number of H-pyrrole nitrogens is 1. The van der Waals surface area contributed by atoms with Gasteiger partial charge in [-0.3, -0.25) is 20.2 Å². The molecule has 0 aliphatic rings. The molecule has 24 heavy (non-hydrogen) atoms. The van der Waals surface area contributed by atoms with Crippen LogP contribution in [-0.4, -0.2) is 44.4 Å². The standard InChI is InChI=1S/C15H20N6O2S/c1-10(2)3-8-17-14(23)18-12(22)9-24-15-19-13(20-21-15)11-4-6-16-7-5-11/h4-7,10H,3,8-9H2,1-2H3,(H,19,20,21)(H2,17,18,22,23). The molecule has 0 fully saturated rings. The number of rotatable bonds is 7. The number of aromatic amines is 1. The summed E-state index contributed by atoms with van der Waals surface area (Å²) in [6.45, 7) is 4.68. The second-order valence-corrected chi connectivity index (χ2v) is 6.42. The van der Waals surface area contributed by atoms with Crippen molar-refractivity contribution in [3.05, 3.63) is 24.5 Å². The van der Waals surface area contributed by atoms with Gasteiger partial charge in [0.2, 0.25) is 11.1 Å². The molecule has 0 bridgehead atoms. The molecule has 0 spiro atoms. The SMILES string of the molecule is CC(C)CCNC(=O)NC(=O)CSc1n[nH]c(-c2ccncc2)n1. The summed E-state index contributed by atoms with van der Waals surface area (Å²) in [6.07, 6.45) is 4.19. The molecule has 0 atom stereocenters. The van der Waals surface area contributed by atoms with Crippen LogP contribution in [0.1, 0.15) is 20.3 Å². The lowest BCUT2D eigenvalue weighted by Gasteiger charge is -2.07. The number of hydrogen-bond donors (Lipinski definition) is 3. The molecule has 0 saturated carbocycles. The summed E-state index contributed by atoms with van der Waals surface area (Å²) < 4.78 is 0. The molecule has 8 nitrogen and oxygen atoms in total. The van der Waals surface area contributed by atoms with Crippen molar-refractivity contribution >= 4 is 23.7 Å². The fourth-order valence-electron chi connectivity index (χ4n) is 1.76. The third kappa shape index (κ3) is 5.99. The van der Waals surface area contributed by atoms with E-state index in [0.29, 0.717) is 23.4 Å². The zero-order valence-electron chi connectivity index (χ0n) is 13.6. The topological polar surface area (TPSA) is 113 Å². The highest BCUT2D eigenvalue weighted by Crippen LogP contribution is 2.18. The van der Waals surface area contributed by atoms with E-state index in [0.717, 1.165) is 23.7 Å². The first-order chi connectivity index (χ1) is 11.5. The normalized spacial score (nSPS) is 10.6. The minimum atomic E-state index is -0.478. The molecule has 2 aromatic rings. The quantitative estimate of drug-likeness (QED) is 0.658.